The molecule has 2 N–H and O–H groups in total. The second-order valence-electron chi connectivity index (χ2n) is 6.10. The first-order valence-electron chi connectivity index (χ1n) is 8.35. The van der Waals surface area contributed by atoms with Gasteiger partial charge in [0.2, 0.25) is 0 Å². The van der Waals surface area contributed by atoms with E-state index >= 15 is 0 Å². The molecule has 2 unspecified atom stereocenters. The predicted molar refractivity (Wildman–Crippen MR) is 92.2 cm³/mol. The van der Waals surface area contributed by atoms with E-state index in [2.05, 4.69) is 30.3 Å². The first kappa shape index (κ1) is 15.8. The van der Waals surface area contributed by atoms with Gasteiger partial charge in [0.05, 0.1) is 12.6 Å². The second-order valence-corrected chi connectivity index (χ2v) is 6.10. The Labute approximate surface area is 137 Å². The molecule has 2 aromatic carbocycles. The summed E-state index contributed by atoms with van der Waals surface area (Å²) in [6.07, 6.45) is 1.61. The van der Waals surface area contributed by atoms with Gasteiger partial charge in [-0.15, -0.1) is 0 Å². The molecule has 2 atom stereocenters. The minimum atomic E-state index is -0.221. The average Bonchev–Trinajstić information content (AvgIpc) is 2.61. The van der Waals surface area contributed by atoms with E-state index in [0.29, 0.717) is 25.6 Å². The van der Waals surface area contributed by atoms with E-state index in [1.807, 2.05) is 24.0 Å². The lowest BCUT2D eigenvalue weighted by atomic mass is 9.85. The van der Waals surface area contributed by atoms with Crippen molar-refractivity contribution >= 4 is 16.9 Å². The van der Waals surface area contributed by atoms with Crippen molar-refractivity contribution in [3.63, 3.8) is 0 Å². The van der Waals surface area contributed by atoms with Crippen LogP contribution in [0.2, 0.25) is 0 Å². The third kappa shape index (κ3) is 3.17. The smallest absolute Gasteiger partial charge is 0.410 e. The summed E-state index contributed by atoms with van der Waals surface area (Å²) < 4.78 is 5.27. The van der Waals surface area contributed by atoms with Gasteiger partial charge in [-0.25, -0.2) is 4.79 Å². The summed E-state index contributed by atoms with van der Waals surface area (Å²) in [5.41, 5.74) is 7.09. The number of amides is 1. The summed E-state index contributed by atoms with van der Waals surface area (Å²) in [6, 6.07) is 14.6. The number of benzene rings is 2. The summed E-state index contributed by atoms with van der Waals surface area (Å²) in [5.74, 6) is 0.449. The lowest BCUT2D eigenvalue weighted by Gasteiger charge is -2.39. The Morgan fingerprint density at radius 3 is 2.83 bits per heavy atom. The lowest BCUT2D eigenvalue weighted by Crippen LogP contribution is -2.42. The van der Waals surface area contributed by atoms with Gasteiger partial charge in [0.15, 0.2) is 0 Å². The van der Waals surface area contributed by atoms with Gasteiger partial charge < -0.3 is 15.4 Å². The van der Waals surface area contributed by atoms with Crippen LogP contribution < -0.4 is 5.73 Å². The zero-order chi connectivity index (χ0) is 16.2. The summed E-state index contributed by atoms with van der Waals surface area (Å²) >= 11 is 0. The van der Waals surface area contributed by atoms with Crippen molar-refractivity contribution in [2.75, 3.05) is 19.7 Å². The molecule has 1 aliphatic rings. The Morgan fingerprint density at radius 1 is 1.26 bits per heavy atom. The largest absolute Gasteiger partial charge is 0.450 e. The summed E-state index contributed by atoms with van der Waals surface area (Å²) in [6.45, 7) is 3.61. The van der Waals surface area contributed by atoms with Gasteiger partial charge >= 0.3 is 6.09 Å². The van der Waals surface area contributed by atoms with Crippen LogP contribution in [0, 0.1) is 5.92 Å². The minimum absolute atomic E-state index is 0.0300. The van der Waals surface area contributed by atoms with Gasteiger partial charge in [-0.05, 0) is 48.6 Å². The predicted octanol–water partition coefficient (Wildman–Crippen LogP) is 3.71. The molecule has 0 spiro atoms. The Hall–Kier alpha value is -2.07. The number of likely N-dealkylation sites (tertiary alicyclic amines) is 1. The highest BCUT2D eigenvalue weighted by Gasteiger charge is 2.33. The van der Waals surface area contributed by atoms with E-state index in [1.165, 1.54) is 16.3 Å². The van der Waals surface area contributed by atoms with E-state index in [9.17, 15) is 4.79 Å². The lowest BCUT2D eigenvalue weighted by molar-refractivity contribution is 0.0656. The van der Waals surface area contributed by atoms with Crippen molar-refractivity contribution in [2.45, 2.75) is 25.8 Å². The number of ether oxygens (including phenoxy) is 1. The number of hydrogen-bond acceptors (Lipinski definition) is 3. The van der Waals surface area contributed by atoms with E-state index in [1.54, 1.807) is 0 Å². The highest BCUT2D eigenvalue weighted by atomic mass is 16.6. The second kappa shape index (κ2) is 7.01. The molecule has 2 aromatic rings. The fraction of sp³-hybridized carbons (Fsp3) is 0.421. The first-order valence-corrected chi connectivity index (χ1v) is 8.35. The number of piperidine rings is 1. The molecule has 1 amide bonds. The fourth-order valence-electron chi connectivity index (χ4n) is 3.51. The summed E-state index contributed by atoms with van der Waals surface area (Å²) in [5, 5.41) is 2.40. The molecule has 1 saturated heterocycles. The highest BCUT2D eigenvalue weighted by Crippen LogP contribution is 2.37. The Balaban J connectivity index is 2.01. The van der Waals surface area contributed by atoms with Gasteiger partial charge in [-0.1, -0.05) is 42.5 Å². The molecule has 0 radical (unpaired) electrons. The maximum Gasteiger partial charge on any atom is 0.410 e. The SMILES string of the molecule is CCOC(=O)N1CCC(CN)CC1c1cccc2ccccc12. The van der Waals surface area contributed by atoms with Gasteiger partial charge in [-0.3, -0.25) is 0 Å². The van der Waals surface area contributed by atoms with Crippen LogP contribution >= 0.6 is 0 Å². The molecule has 1 fully saturated rings. The Bertz CT molecular complexity index is 681. The van der Waals surface area contributed by atoms with E-state index in [-0.39, 0.29) is 12.1 Å². The topological polar surface area (TPSA) is 55.6 Å². The van der Waals surface area contributed by atoms with Crippen LogP contribution in [0.25, 0.3) is 10.8 Å². The van der Waals surface area contributed by atoms with Crippen molar-refractivity contribution < 1.29 is 9.53 Å². The summed E-state index contributed by atoms with van der Waals surface area (Å²) in [4.78, 5) is 14.3. The van der Waals surface area contributed by atoms with Crippen molar-refractivity contribution in [1.29, 1.82) is 0 Å². The molecule has 4 nitrogen and oxygen atoms in total. The van der Waals surface area contributed by atoms with E-state index < -0.39 is 0 Å². The van der Waals surface area contributed by atoms with Crippen LogP contribution in [0.15, 0.2) is 42.5 Å². The van der Waals surface area contributed by atoms with Gasteiger partial charge in [0.25, 0.3) is 0 Å². The van der Waals surface area contributed by atoms with Gasteiger partial charge in [0.1, 0.15) is 0 Å². The zero-order valence-corrected chi connectivity index (χ0v) is 13.6. The number of fused-ring (bicyclic) bond motifs is 1. The molecule has 4 heteroatoms. The molecule has 1 aliphatic heterocycles. The van der Waals surface area contributed by atoms with E-state index in [0.717, 1.165) is 12.8 Å². The first-order chi connectivity index (χ1) is 11.2. The molecule has 23 heavy (non-hydrogen) atoms. The molecule has 1 heterocycles. The third-order valence-corrected chi connectivity index (χ3v) is 4.73. The maximum atomic E-state index is 12.4. The third-order valence-electron chi connectivity index (χ3n) is 4.73. The number of nitrogens with zero attached hydrogens (tertiary/aromatic N) is 1. The van der Waals surface area contributed by atoms with Crippen LogP contribution in [0.5, 0.6) is 0 Å². The number of carbonyl (C=O) groups is 1. The number of nitrogens with two attached hydrogens (primary N) is 1. The minimum Gasteiger partial charge on any atom is -0.450 e. The molecule has 0 saturated carbocycles. The molecule has 0 aromatic heterocycles. The number of carbonyl (C=O) groups excluding carboxylic acids is 1. The van der Waals surface area contributed by atoms with Crippen LogP contribution in [-0.4, -0.2) is 30.7 Å². The maximum absolute atomic E-state index is 12.4. The molecule has 122 valence electrons. The normalized spacial score (nSPS) is 21.4. The average molecular weight is 312 g/mol. The highest BCUT2D eigenvalue weighted by molar-refractivity contribution is 5.86. The van der Waals surface area contributed by atoms with Crippen LogP contribution in [0.1, 0.15) is 31.4 Å². The van der Waals surface area contributed by atoms with Crippen LogP contribution in [-0.2, 0) is 4.74 Å². The van der Waals surface area contributed by atoms with E-state index in [4.69, 9.17) is 10.5 Å². The summed E-state index contributed by atoms with van der Waals surface area (Å²) in [7, 11) is 0. The van der Waals surface area contributed by atoms with Crippen molar-refractivity contribution in [1.82, 2.24) is 4.90 Å². The molecular weight excluding hydrogens is 288 g/mol. The van der Waals surface area contributed by atoms with Crippen molar-refractivity contribution in [3.05, 3.63) is 48.0 Å². The quantitative estimate of drug-likeness (QED) is 0.940. The van der Waals surface area contributed by atoms with Crippen molar-refractivity contribution in [3.8, 4) is 0 Å². The fourth-order valence-corrected chi connectivity index (χ4v) is 3.51. The number of hydrogen-bond donors (Lipinski definition) is 1. The standard InChI is InChI=1S/C19H24N2O2/c1-2-23-19(22)21-11-10-14(13-20)12-18(21)17-9-5-7-15-6-3-4-8-16(15)17/h3-9,14,18H,2,10-13,20H2,1H3. The van der Waals surface area contributed by atoms with Gasteiger partial charge in [-0.2, -0.15) is 0 Å². The zero-order valence-electron chi connectivity index (χ0n) is 13.6. The molecular formula is C19H24N2O2. The van der Waals surface area contributed by atoms with Crippen molar-refractivity contribution in [2.24, 2.45) is 11.7 Å². The molecule has 0 bridgehead atoms. The number of rotatable bonds is 3. The van der Waals surface area contributed by atoms with Crippen LogP contribution in [0.3, 0.4) is 0 Å². The Kier molecular flexibility index (Phi) is 4.82. The van der Waals surface area contributed by atoms with Gasteiger partial charge in [0, 0.05) is 6.54 Å². The monoisotopic (exact) mass is 312 g/mol. The molecule has 3 rings (SSSR count). The van der Waals surface area contributed by atoms with Crippen LogP contribution in [0.4, 0.5) is 4.79 Å². The Morgan fingerprint density at radius 2 is 2.04 bits per heavy atom. The molecule has 0 aliphatic carbocycles.